The number of benzene rings is 2. The number of methoxy groups -OCH3 is 1. The van der Waals surface area contributed by atoms with Gasteiger partial charge in [0, 0.05) is 0 Å². The van der Waals surface area contributed by atoms with Gasteiger partial charge in [0.1, 0.15) is 11.9 Å². The van der Waals surface area contributed by atoms with Gasteiger partial charge in [-0.05, 0) is 34.5 Å². The number of hydrogen-bond donors (Lipinski definition) is 1. The fourth-order valence-electron chi connectivity index (χ4n) is 1.64. The maximum atomic E-state index is 9.53. The Labute approximate surface area is 94.5 Å². The average molecular weight is 212 g/mol. The lowest BCUT2D eigenvalue weighted by Gasteiger charge is -2.07. The van der Waals surface area contributed by atoms with E-state index in [1.54, 1.807) is 7.11 Å². The van der Waals surface area contributed by atoms with Crippen LogP contribution in [0.15, 0.2) is 36.4 Å². The SMILES string of the molecule is C#CC(O)c1ccc2cc(OC)ccc2c1. The van der Waals surface area contributed by atoms with Crippen LogP contribution in [0.25, 0.3) is 10.8 Å². The van der Waals surface area contributed by atoms with Crippen molar-refractivity contribution in [2.24, 2.45) is 0 Å². The van der Waals surface area contributed by atoms with Crippen molar-refractivity contribution in [3.8, 4) is 18.1 Å². The standard InChI is InChI=1S/C14H12O2/c1-3-14(15)12-5-4-11-9-13(16-2)7-6-10(11)8-12/h1,4-9,14-15H,2H3. The van der Waals surface area contributed by atoms with Gasteiger partial charge in [-0.2, -0.15) is 0 Å². The highest BCUT2D eigenvalue weighted by molar-refractivity contribution is 5.84. The molecule has 0 radical (unpaired) electrons. The molecule has 2 rings (SSSR count). The van der Waals surface area contributed by atoms with Gasteiger partial charge in [-0.1, -0.05) is 24.1 Å². The van der Waals surface area contributed by atoms with Gasteiger partial charge in [0.05, 0.1) is 7.11 Å². The van der Waals surface area contributed by atoms with Gasteiger partial charge in [-0.3, -0.25) is 0 Å². The minimum absolute atomic E-state index is 0.736. The van der Waals surface area contributed by atoms with E-state index in [-0.39, 0.29) is 0 Å². The van der Waals surface area contributed by atoms with Crippen LogP contribution in [0.5, 0.6) is 5.75 Å². The van der Waals surface area contributed by atoms with Crippen molar-refractivity contribution in [2.75, 3.05) is 7.11 Å². The Hall–Kier alpha value is -1.98. The number of aliphatic hydroxyl groups excluding tert-OH is 1. The summed E-state index contributed by atoms with van der Waals surface area (Å²) in [6.45, 7) is 0. The molecule has 2 aromatic carbocycles. The first-order chi connectivity index (χ1) is 7.74. The van der Waals surface area contributed by atoms with E-state index in [9.17, 15) is 5.11 Å². The molecule has 0 aliphatic heterocycles. The smallest absolute Gasteiger partial charge is 0.140 e. The molecule has 0 spiro atoms. The first kappa shape index (κ1) is 10.5. The molecule has 1 atom stereocenters. The average Bonchev–Trinajstić information content (AvgIpc) is 2.36. The van der Waals surface area contributed by atoms with Crippen LogP contribution in [0.2, 0.25) is 0 Å². The quantitative estimate of drug-likeness (QED) is 0.775. The Balaban J connectivity index is 2.52. The molecule has 0 saturated heterocycles. The number of aliphatic hydroxyl groups is 1. The van der Waals surface area contributed by atoms with Gasteiger partial charge < -0.3 is 9.84 Å². The van der Waals surface area contributed by atoms with E-state index in [1.165, 1.54) is 0 Å². The Morgan fingerprint density at radius 2 is 1.88 bits per heavy atom. The second-order valence-electron chi connectivity index (χ2n) is 3.54. The summed E-state index contributed by atoms with van der Waals surface area (Å²) in [6.07, 6.45) is 4.33. The lowest BCUT2D eigenvalue weighted by Crippen LogP contribution is -1.92. The van der Waals surface area contributed by atoms with Crippen LogP contribution in [0.1, 0.15) is 11.7 Å². The zero-order valence-corrected chi connectivity index (χ0v) is 8.97. The third-order valence-corrected chi connectivity index (χ3v) is 2.55. The molecule has 0 fully saturated rings. The number of hydrogen-bond acceptors (Lipinski definition) is 2. The van der Waals surface area contributed by atoms with E-state index in [4.69, 9.17) is 11.2 Å². The van der Waals surface area contributed by atoms with Crippen molar-refractivity contribution in [1.29, 1.82) is 0 Å². The summed E-state index contributed by atoms with van der Waals surface area (Å²) in [5.74, 6) is 3.12. The molecular weight excluding hydrogens is 200 g/mol. The minimum Gasteiger partial charge on any atom is -0.497 e. The van der Waals surface area contributed by atoms with Gasteiger partial charge in [0.2, 0.25) is 0 Å². The van der Waals surface area contributed by atoms with E-state index in [1.807, 2.05) is 36.4 Å². The Morgan fingerprint density at radius 1 is 1.19 bits per heavy atom. The molecule has 2 aromatic rings. The summed E-state index contributed by atoms with van der Waals surface area (Å²) >= 11 is 0. The predicted octanol–water partition coefficient (Wildman–Crippen LogP) is 2.52. The maximum absolute atomic E-state index is 9.53. The van der Waals surface area contributed by atoms with Gasteiger partial charge in [-0.25, -0.2) is 0 Å². The molecule has 0 saturated carbocycles. The van der Waals surface area contributed by atoms with Crippen LogP contribution in [0.4, 0.5) is 0 Å². The molecule has 0 aliphatic carbocycles. The summed E-state index contributed by atoms with van der Waals surface area (Å²) in [4.78, 5) is 0. The van der Waals surface area contributed by atoms with Crippen LogP contribution in [-0.2, 0) is 0 Å². The molecule has 0 bridgehead atoms. The molecule has 1 unspecified atom stereocenters. The van der Waals surface area contributed by atoms with Crippen molar-refractivity contribution in [3.05, 3.63) is 42.0 Å². The van der Waals surface area contributed by atoms with Crippen LogP contribution in [-0.4, -0.2) is 12.2 Å². The lowest BCUT2D eigenvalue weighted by atomic mass is 10.0. The Morgan fingerprint density at radius 3 is 2.56 bits per heavy atom. The zero-order valence-electron chi connectivity index (χ0n) is 8.97. The topological polar surface area (TPSA) is 29.5 Å². The third-order valence-electron chi connectivity index (χ3n) is 2.55. The number of ether oxygens (including phenoxy) is 1. The van der Waals surface area contributed by atoms with Crippen LogP contribution >= 0.6 is 0 Å². The second-order valence-corrected chi connectivity index (χ2v) is 3.54. The van der Waals surface area contributed by atoms with Crippen LogP contribution < -0.4 is 4.74 Å². The highest BCUT2D eigenvalue weighted by atomic mass is 16.5. The Bertz CT molecular complexity index is 552. The fourth-order valence-corrected chi connectivity index (χ4v) is 1.64. The summed E-state index contributed by atoms with van der Waals surface area (Å²) in [5.41, 5.74) is 0.736. The highest BCUT2D eigenvalue weighted by Gasteiger charge is 2.04. The van der Waals surface area contributed by atoms with E-state index < -0.39 is 6.10 Å². The van der Waals surface area contributed by atoms with Gasteiger partial charge >= 0.3 is 0 Å². The van der Waals surface area contributed by atoms with E-state index >= 15 is 0 Å². The lowest BCUT2D eigenvalue weighted by molar-refractivity contribution is 0.239. The maximum Gasteiger partial charge on any atom is 0.140 e. The van der Waals surface area contributed by atoms with Gasteiger partial charge in [0.15, 0.2) is 0 Å². The fraction of sp³-hybridized carbons (Fsp3) is 0.143. The van der Waals surface area contributed by atoms with E-state index in [2.05, 4.69) is 5.92 Å². The first-order valence-corrected chi connectivity index (χ1v) is 4.96. The molecule has 0 aliphatic rings. The van der Waals surface area contributed by atoms with E-state index in [0.717, 1.165) is 22.1 Å². The number of fused-ring (bicyclic) bond motifs is 1. The Kier molecular flexibility index (Phi) is 2.80. The molecule has 1 N–H and O–H groups in total. The summed E-state index contributed by atoms with van der Waals surface area (Å²) in [5, 5.41) is 11.6. The zero-order chi connectivity index (χ0) is 11.5. The highest BCUT2D eigenvalue weighted by Crippen LogP contribution is 2.24. The number of rotatable bonds is 2. The molecule has 16 heavy (non-hydrogen) atoms. The molecule has 80 valence electrons. The molecule has 0 aromatic heterocycles. The third kappa shape index (κ3) is 1.86. The largest absolute Gasteiger partial charge is 0.497 e. The summed E-state index contributed by atoms with van der Waals surface area (Å²) < 4.78 is 5.14. The molecule has 2 heteroatoms. The normalized spacial score (nSPS) is 12.1. The molecule has 2 nitrogen and oxygen atoms in total. The van der Waals surface area contributed by atoms with Crippen molar-refractivity contribution in [1.82, 2.24) is 0 Å². The van der Waals surface area contributed by atoms with Crippen molar-refractivity contribution >= 4 is 10.8 Å². The first-order valence-electron chi connectivity index (χ1n) is 4.96. The number of terminal acetylenes is 1. The predicted molar refractivity (Wildman–Crippen MR) is 64.3 cm³/mol. The van der Waals surface area contributed by atoms with Crippen LogP contribution in [0, 0.1) is 12.3 Å². The summed E-state index contributed by atoms with van der Waals surface area (Å²) in [6, 6.07) is 11.4. The van der Waals surface area contributed by atoms with Gasteiger partial charge in [0.25, 0.3) is 0 Å². The monoisotopic (exact) mass is 212 g/mol. The van der Waals surface area contributed by atoms with Crippen molar-refractivity contribution < 1.29 is 9.84 Å². The van der Waals surface area contributed by atoms with Crippen LogP contribution in [0.3, 0.4) is 0 Å². The van der Waals surface area contributed by atoms with Crippen molar-refractivity contribution in [3.63, 3.8) is 0 Å². The molecule has 0 amide bonds. The minimum atomic E-state index is -0.841. The van der Waals surface area contributed by atoms with Crippen molar-refractivity contribution in [2.45, 2.75) is 6.10 Å². The second kappa shape index (κ2) is 4.26. The van der Waals surface area contributed by atoms with Gasteiger partial charge in [-0.15, -0.1) is 6.42 Å². The summed E-state index contributed by atoms with van der Waals surface area (Å²) in [7, 11) is 1.64. The molecule has 0 heterocycles. The molecular formula is C14H12O2. The van der Waals surface area contributed by atoms with E-state index in [0.29, 0.717) is 0 Å².